The van der Waals surface area contributed by atoms with E-state index in [9.17, 15) is 9.90 Å². The van der Waals surface area contributed by atoms with Gasteiger partial charge in [-0.15, -0.1) is 0 Å². The molecule has 4 aromatic rings. The number of hydrogen-bond donors (Lipinski definition) is 3. The molecule has 3 aromatic carbocycles. The highest BCUT2D eigenvalue weighted by Gasteiger charge is 2.20. The van der Waals surface area contributed by atoms with E-state index in [1.54, 1.807) is 18.2 Å². The molecule has 1 aliphatic rings. The normalized spacial score (nSPS) is 14.7. The first-order chi connectivity index (χ1) is 16.1. The van der Waals surface area contributed by atoms with E-state index in [4.69, 9.17) is 10.7 Å². The number of aromatic amines is 1. The average Bonchev–Trinajstić information content (AvgIpc) is 3.45. The minimum atomic E-state index is -0.518. The zero-order valence-electron chi connectivity index (χ0n) is 18.3. The Hall–Kier alpha value is -3.90. The fourth-order valence-corrected chi connectivity index (χ4v) is 4.44. The van der Waals surface area contributed by atoms with Gasteiger partial charge in [0, 0.05) is 28.6 Å². The number of aromatic nitrogens is 1. The van der Waals surface area contributed by atoms with Crippen molar-refractivity contribution in [1.29, 1.82) is 0 Å². The number of benzene rings is 3. The Balaban J connectivity index is 1.59. The van der Waals surface area contributed by atoms with E-state index in [1.165, 1.54) is 18.4 Å². The number of nitrogens with one attached hydrogen (secondary N) is 1. The van der Waals surface area contributed by atoms with Gasteiger partial charge in [-0.3, -0.25) is 9.69 Å². The lowest BCUT2D eigenvalue weighted by Gasteiger charge is -2.14. The zero-order chi connectivity index (χ0) is 22.8. The molecular formula is C27H26N4O2. The third kappa shape index (κ3) is 4.38. The number of carbonyl (C=O) groups is 1. The van der Waals surface area contributed by atoms with Crippen LogP contribution in [0.1, 0.15) is 39.9 Å². The summed E-state index contributed by atoms with van der Waals surface area (Å²) in [5.41, 5.74) is 10.7. The van der Waals surface area contributed by atoms with Gasteiger partial charge in [-0.05, 0) is 61.8 Å². The van der Waals surface area contributed by atoms with Gasteiger partial charge in [0.25, 0.3) is 0 Å². The molecule has 0 saturated carbocycles. The number of fused-ring (bicyclic) bond motifs is 1. The fraction of sp³-hybridized carbons (Fsp3) is 0.185. The average molecular weight is 439 g/mol. The maximum Gasteiger partial charge on any atom is 0.248 e. The third-order valence-corrected chi connectivity index (χ3v) is 6.13. The molecule has 0 aliphatic carbocycles. The van der Waals surface area contributed by atoms with E-state index in [2.05, 4.69) is 22.0 Å². The van der Waals surface area contributed by atoms with Gasteiger partial charge in [0.05, 0.1) is 17.0 Å². The molecule has 1 aliphatic heterocycles. The fourth-order valence-electron chi connectivity index (χ4n) is 4.44. The van der Waals surface area contributed by atoms with Crippen molar-refractivity contribution in [2.75, 3.05) is 13.1 Å². The highest BCUT2D eigenvalue weighted by molar-refractivity contribution is 6.22. The van der Waals surface area contributed by atoms with Crippen LogP contribution in [0.5, 0.6) is 5.88 Å². The van der Waals surface area contributed by atoms with Gasteiger partial charge in [-0.1, -0.05) is 42.5 Å². The van der Waals surface area contributed by atoms with E-state index in [0.717, 1.165) is 30.9 Å². The lowest BCUT2D eigenvalue weighted by molar-refractivity contribution is 0.100. The van der Waals surface area contributed by atoms with Gasteiger partial charge in [0.2, 0.25) is 5.91 Å². The molecule has 1 aromatic heterocycles. The topological polar surface area (TPSA) is 94.7 Å². The first-order valence-electron chi connectivity index (χ1n) is 11.2. The predicted octanol–water partition coefficient (Wildman–Crippen LogP) is 4.74. The van der Waals surface area contributed by atoms with E-state index in [0.29, 0.717) is 27.7 Å². The van der Waals surface area contributed by atoms with Crippen LogP contribution in [0, 0.1) is 0 Å². The van der Waals surface area contributed by atoms with Crippen molar-refractivity contribution in [1.82, 2.24) is 9.88 Å². The first kappa shape index (κ1) is 21.0. The Kier molecular flexibility index (Phi) is 5.67. The van der Waals surface area contributed by atoms with E-state index < -0.39 is 5.91 Å². The number of aromatic hydroxyl groups is 1. The standard InChI is InChI=1S/C27H26N4O2/c28-26(32)20-10-13-23-22(16-20)24(27(33)30-23)25(19-6-2-1-3-7-19)29-21-11-8-18(9-12-21)17-31-14-4-5-15-31/h1-3,6-13,16,30,33H,4-5,14-15,17H2,(H2,28,32). The molecule has 0 bridgehead atoms. The van der Waals surface area contributed by atoms with Gasteiger partial charge in [0.15, 0.2) is 5.88 Å². The molecule has 0 atom stereocenters. The first-order valence-corrected chi connectivity index (χ1v) is 11.2. The lowest BCUT2D eigenvalue weighted by atomic mass is 9.99. The smallest absolute Gasteiger partial charge is 0.248 e. The largest absolute Gasteiger partial charge is 0.494 e. The second kappa shape index (κ2) is 8.92. The number of primary amides is 1. The van der Waals surface area contributed by atoms with Crippen LogP contribution in [0.15, 0.2) is 77.8 Å². The molecule has 166 valence electrons. The molecule has 0 unspecified atom stereocenters. The van der Waals surface area contributed by atoms with Crippen molar-refractivity contribution in [2.24, 2.45) is 10.7 Å². The van der Waals surface area contributed by atoms with Crippen molar-refractivity contribution in [3.63, 3.8) is 0 Å². The van der Waals surface area contributed by atoms with Crippen LogP contribution in [0.2, 0.25) is 0 Å². The number of amides is 1. The molecule has 1 saturated heterocycles. The van der Waals surface area contributed by atoms with Gasteiger partial charge < -0.3 is 15.8 Å². The zero-order valence-corrected chi connectivity index (χ0v) is 18.3. The number of aliphatic imine (C=N–C) groups is 1. The molecule has 6 heteroatoms. The molecule has 5 rings (SSSR count). The molecule has 0 radical (unpaired) electrons. The van der Waals surface area contributed by atoms with Gasteiger partial charge in [-0.25, -0.2) is 4.99 Å². The van der Waals surface area contributed by atoms with Crippen LogP contribution >= 0.6 is 0 Å². The Morgan fingerprint density at radius 2 is 1.70 bits per heavy atom. The van der Waals surface area contributed by atoms with Crippen molar-refractivity contribution in [3.8, 4) is 5.88 Å². The molecule has 1 amide bonds. The summed E-state index contributed by atoms with van der Waals surface area (Å²) in [6, 6.07) is 23.0. The Labute approximate surface area is 192 Å². The van der Waals surface area contributed by atoms with E-state index in [-0.39, 0.29) is 5.88 Å². The minimum absolute atomic E-state index is 0.000114. The summed E-state index contributed by atoms with van der Waals surface area (Å²) in [5.74, 6) is -0.518. The molecule has 33 heavy (non-hydrogen) atoms. The Morgan fingerprint density at radius 1 is 0.970 bits per heavy atom. The number of H-pyrrole nitrogens is 1. The lowest BCUT2D eigenvalue weighted by Crippen LogP contribution is -2.18. The SMILES string of the molecule is NC(=O)c1ccc2[nH]c(O)c(C(=Nc3ccc(CN4CCCC4)cc3)c3ccccc3)c2c1. The van der Waals surface area contributed by atoms with Crippen molar-refractivity contribution in [2.45, 2.75) is 19.4 Å². The van der Waals surface area contributed by atoms with Crippen molar-refractivity contribution < 1.29 is 9.90 Å². The van der Waals surface area contributed by atoms with Gasteiger partial charge in [-0.2, -0.15) is 0 Å². The third-order valence-electron chi connectivity index (χ3n) is 6.13. The molecule has 2 heterocycles. The quantitative estimate of drug-likeness (QED) is 0.380. The highest BCUT2D eigenvalue weighted by Crippen LogP contribution is 2.32. The molecule has 6 nitrogen and oxygen atoms in total. The molecule has 4 N–H and O–H groups in total. The minimum Gasteiger partial charge on any atom is -0.494 e. The van der Waals surface area contributed by atoms with Gasteiger partial charge in [0.1, 0.15) is 0 Å². The van der Waals surface area contributed by atoms with E-state index in [1.807, 2.05) is 42.5 Å². The van der Waals surface area contributed by atoms with Crippen LogP contribution in [-0.2, 0) is 6.54 Å². The van der Waals surface area contributed by atoms with Crippen LogP contribution in [0.3, 0.4) is 0 Å². The maximum absolute atomic E-state index is 11.8. The summed E-state index contributed by atoms with van der Waals surface area (Å²) >= 11 is 0. The number of likely N-dealkylation sites (tertiary alicyclic amines) is 1. The summed E-state index contributed by atoms with van der Waals surface area (Å²) in [5, 5.41) is 11.5. The van der Waals surface area contributed by atoms with Crippen molar-refractivity contribution in [3.05, 3.63) is 95.1 Å². The number of nitrogens with two attached hydrogens (primary N) is 1. The van der Waals surface area contributed by atoms with E-state index >= 15 is 0 Å². The Bertz CT molecular complexity index is 1320. The number of hydrogen-bond acceptors (Lipinski definition) is 4. The second-order valence-electron chi connectivity index (χ2n) is 8.45. The van der Waals surface area contributed by atoms with Crippen LogP contribution in [0.25, 0.3) is 10.9 Å². The monoisotopic (exact) mass is 438 g/mol. The summed E-state index contributed by atoms with van der Waals surface area (Å²) < 4.78 is 0. The maximum atomic E-state index is 11.8. The molecule has 0 spiro atoms. The molecular weight excluding hydrogens is 412 g/mol. The number of carbonyl (C=O) groups excluding carboxylic acids is 1. The summed E-state index contributed by atoms with van der Waals surface area (Å²) in [6.07, 6.45) is 2.54. The number of nitrogens with zero attached hydrogens (tertiary/aromatic N) is 2. The number of rotatable bonds is 6. The predicted molar refractivity (Wildman–Crippen MR) is 131 cm³/mol. The summed E-state index contributed by atoms with van der Waals surface area (Å²) in [7, 11) is 0. The Morgan fingerprint density at radius 3 is 2.39 bits per heavy atom. The summed E-state index contributed by atoms with van der Waals surface area (Å²) in [6.45, 7) is 3.27. The highest BCUT2D eigenvalue weighted by atomic mass is 16.3. The second-order valence-corrected chi connectivity index (χ2v) is 8.45. The summed E-state index contributed by atoms with van der Waals surface area (Å²) in [4.78, 5) is 22.2. The van der Waals surface area contributed by atoms with Crippen LogP contribution in [0.4, 0.5) is 5.69 Å². The van der Waals surface area contributed by atoms with Crippen LogP contribution < -0.4 is 5.73 Å². The van der Waals surface area contributed by atoms with Crippen LogP contribution in [-0.4, -0.2) is 39.7 Å². The molecule has 1 fully saturated rings. The van der Waals surface area contributed by atoms with Gasteiger partial charge >= 0.3 is 0 Å². The van der Waals surface area contributed by atoms with Crippen molar-refractivity contribution >= 4 is 28.2 Å².